The molecule has 2 rings (SSSR count). The third-order valence-electron chi connectivity index (χ3n) is 2.15. The van der Waals surface area contributed by atoms with Gasteiger partial charge in [0, 0.05) is 6.21 Å². The minimum absolute atomic E-state index is 0.00338. The Morgan fingerprint density at radius 1 is 1.36 bits per heavy atom. The second kappa shape index (κ2) is 4.05. The summed E-state index contributed by atoms with van der Waals surface area (Å²) in [4.78, 5) is 13.0. The Labute approximate surface area is 83.7 Å². The van der Waals surface area contributed by atoms with E-state index < -0.39 is 0 Å². The van der Waals surface area contributed by atoms with Crippen LogP contribution in [0.4, 0.5) is 0 Å². The molecule has 3 nitrogen and oxygen atoms in total. The van der Waals surface area contributed by atoms with Crippen molar-refractivity contribution in [1.82, 2.24) is 0 Å². The molecule has 0 unspecified atom stereocenters. The quantitative estimate of drug-likeness (QED) is 0.618. The Morgan fingerprint density at radius 3 is 2.50 bits per heavy atom. The Hall–Kier alpha value is -1.64. The number of aliphatic imine (C=N–C) groups is 1. The number of hydrogen-bond acceptors (Lipinski definition) is 2. The predicted molar refractivity (Wildman–Crippen MR) is 57.3 cm³/mol. The highest BCUT2D eigenvalue weighted by Gasteiger charge is 2.24. The van der Waals surface area contributed by atoms with Crippen LogP contribution in [0.1, 0.15) is 25.0 Å². The molecule has 1 heterocycles. The van der Waals surface area contributed by atoms with Crippen LogP contribution in [0.15, 0.2) is 29.3 Å². The molecule has 1 amide bonds. The van der Waals surface area contributed by atoms with Crippen LogP contribution >= 0.6 is 0 Å². The molecule has 0 bridgehead atoms. The molecule has 0 radical (unpaired) electrons. The lowest BCUT2D eigenvalue weighted by Crippen LogP contribution is -2.09. The first-order valence-electron chi connectivity index (χ1n) is 4.42. The first-order chi connectivity index (χ1) is 6.61. The smallest absolute Gasteiger partial charge is 0.204 e. The molecular weight excluding hydrogens is 176 g/mol. The van der Waals surface area contributed by atoms with Gasteiger partial charge in [0.2, 0.25) is 6.41 Å². The summed E-state index contributed by atoms with van der Waals surface area (Å²) in [7, 11) is 0. The fourth-order valence-electron chi connectivity index (χ4n) is 1.47. The molecule has 74 valence electrons. The lowest BCUT2D eigenvalue weighted by Gasteiger charge is -2.15. The molecule has 0 spiro atoms. The Kier molecular flexibility index (Phi) is 3.02. The molecule has 0 aromatic heterocycles. The highest BCUT2D eigenvalue weighted by atomic mass is 16.1. The van der Waals surface area contributed by atoms with Crippen molar-refractivity contribution < 1.29 is 4.79 Å². The van der Waals surface area contributed by atoms with Crippen LogP contribution in [-0.4, -0.2) is 12.6 Å². The van der Waals surface area contributed by atoms with Gasteiger partial charge in [-0.25, -0.2) is 0 Å². The maximum Gasteiger partial charge on any atom is 0.204 e. The van der Waals surface area contributed by atoms with Crippen LogP contribution in [0.25, 0.3) is 0 Å². The van der Waals surface area contributed by atoms with Crippen LogP contribution in [-0.2, 0) is 10.3 Å². The van der Waals surface area contributed by atoms with Gasteiger partial charge in [0.25, 0.3) is 0 Å². The lowest BCUT2D eigenvalue weighted by atomic mass is 9.94. The molecule has 0 atom stereocenters. The van der Waals surface area contributed by atoms with E-state index in [0.29, 0.717) is 0 Å². The topological polar surface area (TPSA) is 55.4 Å². The average Bonchev–Trinajstić information content (AvgIpc) is 2.45. The van der Waals surface area contributed by atoms with Gasteiger partial charge >= 0.3 is 0 Å². The molecule has 0 saturated heterocycles. The maximum absolute atomic E-state index is 8.58. The zero-order valence-electron chi connectivity index (χ0n) is 8.40. The number of hydrogen-bond donors (Lipinski definition) is 1. The van der Waals surface area contributed by atoms with Gasteiger partial charge in [0.05, 0.1) is 5.54 Å². The van der Waals surface area contributed by atoms with E-state index in [1.807, 2.05) is 12.3 Å². The number of nitrogens with two attached hydrogens (primary N) is 1. The largest absolute Gasteiger partial charge is 0.372 e. The molecule has 14 heavy (non-hydrogen) atoms. The normalized spacial score (nSPS) is 15.3. The summed E-state index contributed by atoms with van der Waals surface area (Å²) in [6.07, 6.45) is 2.20. The molecular formula is C11H14N2O. The van der Waals surface area contributed by atoms with Gasteiger partial charge in [-0.3, -0.25) is 9.79 Å². The van der Waals surface area contributed by atoms with Crippen molar-refractivity contribution in [3.05, 3.63) is 35.4 Å². The molecule has 0 aliphatic carbocycles. The third-order valence-corrected chi connectivity index (χ3v) is 2.15. The molecule has 1 aromatic carbocycles. The molecule has 0 saturated carbocycles. The van der Waals surface area contributed by atoms with Gasteiger partial charge < -0.3 is 5.73 Å². The van der Waals surface area contributed by atoms with Crippen molar-refractivity contribution in [2.45, 2.75) is 19.4 Å². The highest BCUT2D eigenvalue weighted by Crippen LogP contribution is 2.31. The van der Waals surface area contributed by atoms with Crippen molar-refractivity contribution >= 4 is 12.6 Å². The third kappa shape index (κ3) is 1.99. The van der Waals surface area contributed by atoms with E-state index in [9.17, 15) is 0 Å². The number of carbonyl (C=O) groups is 1. The summed E-state index contributed by atoms with van der Waals surface area (Å²) in [5.41, 5.74) is 6.76. The molecule has 2 N–H and O–H groups in total. The number of carbonyl (C=O) groups excluding carboxylic acids is 1. The second-order valence-corrected chi connectivity index (χ2v) is 3.54. The van der Waals surface area contributed by atoms with Gasteiger partial charge in [0.15, 0.2) is 0 Å². The fourth-order valence-corrected chi connectivity index (χ4v) is 1.47. The van der Waals surface area contributed by atoms with Crippen LogP contribution in [0.3, 0.4) is 0 Å². The van der Waals surface area contributed by atoms with Crippen LogP contribution in [0.5, 0.6) is 0 Å². The number of nitrogens with zero attached hydrogens (tertiary/aromatic N) is 1. The van der Waals surface area contributed by atoms with Crippen molar-refractivity contribution in [2.24, 2.45) is 10.7 Å². The van der Waals surface area contributed by atoms with E-state index >= 15 is 0 Å². The minimum atomic E-state index is -0.00338. The zero-order valence-corrected chi connectivity index (χ0v) is 8.40. The maximum atomic E-state index is 8.58. The van der Waals surface area contributed by atoms with Gasteiger partial charge in [-0.15, -0.1) is 0 Å². The summed E-state index contributed by atoms with van der Waals surface area (Å²) in [5, 5.41) is 0. The van der Waals surface area contributed by atoms with Crippen LogP contribution in [0, 0.1) is 0 Å². The fraction of sp³-hybridized carbons (Fsp3) is 0.273. The Morgan fingerprint density at radius 2 is 1.93 bits per heavy atom. The first-order valence-corrected chi connectivity index (χ1v) is 4.42. The summed E-state index contributed by atoms with van der Waals surface area (Å²) >= 11 is 0. The van der Waals surface area contributed by atoms with Gasteiger partial charge in [0.1, 0.15) is 0 Å². The number of amides is 1. The molecule has 0 fully saturated rings. The monoisotopic (exact) mass is 190 g/mol. The molecule has 3 heteroatoms. The Balaban J connectivity index is 0.000000293. The van der Waals surface area contributed by atoms with Gasteiger partial charge in [-0.05, 0) is 25.0 Å². The van der Waals surface area contributed by atoms with Crippen LogP contribution in [0.2, 0.25) is 0 Å². The molecule has 1 aliphatic rings. The predicted octanol–water partition coefficient (Wildman–Crippen LogP) is 1.46. The highest BCUT2D eigenvalue weighted by molar-refractivity contribution is 5.85. The number of primary amides is 1. The van der Waals surface area contributed by atoms with E-state index in [0.717, 1.165) is 0 Å². The SMILES string of the molecule is CC1(C)N=Cc2ccccc21.NC=O. The van der Waals surface area contributed by atoms with Crippen LogP contribution < -0.4 is 5.73 Å². The van der Waals surface area contributed by atoms with Gasteiger partial charge in [-0.2, -0.15) is 0 Å². The average molecular weight is 190 g/mol. The van der Waals surface area contributed by atoms with E-state index in [-0.39, 0.29) is 11.9 Å². The minimum Gasteiger partial charge on any atom is -0.372 e. The summed E-state index contributed by atoms with van der Waals surface area (Å²) in [5.74, 6) is 0. The second-order valence-electron chi connectivity index (χ2n) is 3.54. The van der Waals surface area contributed by atoms with E-state index in [1.165, 1.54) is 11.1 Å². The number of benzene rings is 1. The Bertz CT molecular complexity index is 356. The van der Waals surface area contributed by atoms with Crippen molar-refractivity contribution in [3.8, 4) is 0 Å². The zero-order chi connectivity index (χ0) is 10.6. The van der Waals surface area contributed by atoms with E-state index in [1.54, 1.807) is 0 Å². The van der Waals surface area contributed by atoms with E-state index in [4.69, 9.17) is 4.79 Å². The molecule has 1 aliphatic heterocycles. The van der Waals surface area contributed by atoms with Crippen molar-refractivity contribution in [3.63, 3.8) is 0 Å². The summed E-state index contributed by atoms with van der Waals surface area (Å²) in [6, 6.07) is 8.36. The number of rotatable bonds is 0. The standard InChI is InChI=1S/C10H11N.CH3NO/c1-10(2)9-6-4-3-5-8(9)7-11-10;2-1-3/h3-7H,1-2H3;1H,(H2,2,3). The lowest BCUT2D eigenvalue weighted by molar-refractivity contribution is -0.106. The van der Waals surface area contributed by atoms with Crippen molar-refractivity contribution in [2.75, 3.05) is 0 Å². The molecule has 1 aromatic rings. The van der Waals surface area contributed by atoms with E-state index in [2.05, 4.69) is 42.8 Å². The first kappa shape index (κ1) is 10.4. The summed E-state index contributed by atoms with van der Waals surface area (Å²) in [6.45, 7) is 4.27. The van der Waals surface area contributed by atoms with Crippen molar-refractivity contribution in [1.29, 1.82) is 0 Å². The number of fused-ring (bicyclic) bond motifs is 1. The summed E-state index contributed by atoms with van der Waals surface area (Å²) < 4.78 is 0. The van der Waals surface area contributed by atoms with Gasteiger partial charge in [-0.1, -0.05) is 24.3 Å².